The molecule has 0 amide bonds. The third kappa shape index (κ3) is 2.92. The smallest absolute Gasteiger partial charge is 0.137 e. The van der Waals surface area contributed by atoms with E-state index in [1.54, 1.807) is 0 Å². The van der Waals surface area contributed by atoms with Gasteiger partial charge in [-0.1, -0.05) is 39.3 Å². The summed E-state index contributed by atoms with van der Waals surface area (Å²) in [6.45, 7) is 8.36. The largest absolute Gasteiger partial charge is 0.358 e. The molecule has 0 bridgehead atoms. The Labute approximate surface area is 147 Å². The third-order valence-electron chi connectivity index (χ3n) is 4.06. The van der Waals surface area contributed by atoms with Crippen molar-refractivity contribution >= 4 is 33.5 Å². The van der Waals surface area contributed by atoms with Crippen LogP contribution >= 0.6 is 11.6 Å². The van der Waals surface area contributed by atoms with Crippen LogP contribution in [0.25, 0.3) is 33.1 Å². The molecule has 0 unspecified atom stereocenters. The fourth-order valence-corrected chi connectivity index (χ4v) is 3.08. The van der Waals surface area contributed by atoms with E-state index < -0.39 is 0 Å². The highest BCUT2D eigenvalue weighted by atomic mass is 35.5. The van der Waals surface area contributed by atoms with Crippen molar-refractivity contribution in [2.45, 2.75) is 33.6 Å². The molecule has 4 rings (SSSR count). The number of halogens is 1. The van der Waals surface area contributed by atoms with Gasteiger partial charge in [-0.3, -0.25) is 0 Å². The first kappa shape index (κ1) is 16.6. The maximum absolute atomic E-state index is 6.50. The van der Waals surface area contributed by atoms with Gasteiger partial charge in [0.1, 0.15) is 5.65 Å². The van der Waals surface area contributed by atoms with Gasteiger partial charge in [0.25, 0.3) is 0 Å². The molecule has 0 spiro atoms. The lowest BCUT2D eigenvalue weighted by molar-refractivity contribution is 0.836. The Morgan fingerprint density at radius 2 is 1.83 bits per heavy atom. The molecule has 3 nitrogen and oxygen atoms in total. The van der Waals surface area contributed by atoms with Crippen LogP contribution in [0.5, 0.6) is 0 Å². The van der Waals surface area contributed by atoms with Gasteiger partial charge < -0.3 is 9.97 Å². The van der Waals surface area contributed by atoms with Gasteiger partial charge in [0, 0.05) is 50.5 Å². The molecule has 0 aliphatic rings. The summed E-state index contributed by atoms with van der Waals surface area (Å²) in [6, 6.07) is 10.4. The lowest BCUT2D eigenvalue weighted by atomic mass is 10.0. The molecule has 3 heterocycles. The summed E-state index contributed by atoms with van der Waals surface area (Å²) >= 11 is 6.50. The van der Waals surface area contributed by atoms with Crippen molar-refractivity contribution in [2.24, 2.45) is 0 Å². The van der Waals surface area contributed by atoms with E-state index in [-0.39, 0.29) is 0 Å². The predicted octanol–water partition coefficient (Wildman–Crippen LogP) is 6.51. The molecule has 0 saturated heterocycles. The number of aromatic amines is 2. The molecule has 0 atom stereocenters. The van der Waals surface area contributed by atoms with E-state index in [2.05, 4.69) is 47.0 Å². The summed E-state index contributed by atoms with van der Waals surface area (Å²) < 4.78 is 0. The lowest BCUT2D eigenvalue weighted by Crippen LogP contribution is -1.85. The highest BCUT2D eigenvalue weighted by Crippen LogP contribution is 2.34. The van der Waals surface area contributed by atoms with Crippen LogP contribution in [0.15, 0.2) is 42.7 Å². The first-order valence-electron chi connectivity index (χ1n) is 8.37. The van der Waals surface area contributed by atoms with Crippen LogP contribution in [0.2, 0.25) is 5.02 Å². The Bertz CT molecular complexity index is 979. The zero-order valence-corrected chi connectivity index (χ0v) is 15.2. The SMILES string of the molecule is CC.CC(C)c1cc2cc(Cl)c(-c3cnc4[nH]ccc4c3)cc2[nH]1. The van der Waals surface area contributed by atoms with Crippen molar-refractivity contribution < 1.29 is 0 Å². The Balaban J connectivity index is 0.000000815. The second-order valence-electron chi connectivity index (χ2n) is 5.94. The van der Waals surface area contributed by atoms with Gasteiger partial charge in [-0.15, -0.1) is 0 Å². The molecule has 0 aliphatic carbocycles. The van der Waals surface area contributed by atoms with Crippen molar-refractivity contribution in [3.8, 4) is 11.1 Å². The Kier molecular flexibility index (Phi) is 4.63. The standard InChI is InChI=1S/C18H16ClN3.C2H6/c1-10(2)16-7-12-6-15(19)14(8-17(12)22-16)13-5-11-3-4-20-18(11)21-9-13;1-2/h3-10,22H,1-2H3,(H,20,21);1-2H3. The second-order valence-corrected chi connectivity index (χ2v) is 6.35. The number of nitrogens with one attached hydrogen (secondary N) is 2. The number of benzene rings is 1. The van der Waals surface area contributed by atoms with Crippen LogP contribution in [0.3, 0.4) is 0 Å². The fraction of sp³-hybridized carbons (Fsp3) is 0.250. The second kappa shape index (κ2) is 6.70. The molecule has 0 radical (unpaired) electrons. The van der Waals surface area contributed by atoms with Crippen LogP contribution in [0, 0.1) is 0 Å². The van der Waals surface area contributed by atoms with Crippen molar-refractivity contribution in [3.63, 3.8) is 0 Å². The molecule has 0 saturated carbocycles. The molecule has 3 aromatic heterocycles. The van der Waals surface area contributed by atoms with Crippen molar-refractivity contribution in [2.75, 3.05) is 0 Å². The maximum Gasteiger partial charge on any atom is 0.137 e. The Morgan fingerprint density at radius 3 is 2.58 bits per heavy atom. The van der Waals surface area contributed by atoms with E-state index in [0.29, 0.717) is 5.92 Å². The minimum atomic E-state index is 0.465. The molecule has 124 valence electrons. The molecule has 0 aliphatic heterocycles. The highest BCUT2D eigenvalue weighted by molar-refractivity contribution is 6.34. The average molecular weight is 340 g/mol. The Morgan fingerprint density at radius 1 is 1.04 bits per heavy atom. The van der Waals surface area contributed by atoms with Gasteiger partial charge in [0.2, 0.25) is 0 Å². The minimum Gasteiger partial charge on any atom is -0.358 e. The minimum absolute atomic E-state index is 0.465. The molecule has 0 fully saturated rings. The van der Waals surface area contributed by atoms with E-state index >= 15 is 0 Å². The topological polar surface area (TPSA) is 44.5 Å². The van der Waals surface area contributed by atoms with Crippen LogP contribution in [-0.2, 0) is 0 Å². The van der Waals surface area contributed by atoms with Crippen LogP contribution in [-0.4, -0.2) is 15.0 Å². The molecular formula is C20H22ClN3. The predicted molar refractivity (Wildman–Crippen MR) is 104 cm³/mol. The lowest BCUT2D eigenvalue weighted by Gasteiger charge is -2.05. The zero-order chi connectivity index (χ0) is 17.3. The first-order chi connectivity index (χ1) is 11.6. The quantitative estimate of drug-likeness (QED) is 0.429. The number of rotatable bonds is 2. The van der Waals surface area contributed by atoms with Gasteiger partial charge in [0.15, 0.2) is 0 Å². The van der Waals surface area contributed by atoms with Gasteiger partial charge in [-0.2, -0.15) is 0 Å². The molecular weight excluding hydrogens is 318 g/mol. The van der Waals surface area contributed by atoms with Crippen LogP contribution in [0.4, 0.5) is 0 Å². The molecule has 4 heteroatoms. The van der Waals surface area contributed by atoms with Gasteiger partial charge in [0.05, 0.1) is 0 Å². The summed E-state index contributed by atoms with van der Waals surface area (Å²) in [5.74, 6) is 0.465. The highest BCUT2D eigenvalue weighted by Gasteiger charge is 2.11. The number of pyridine rings is 1. The number of H-pyrrole nitrogens is 2. The van der Waals surface area contributed by atoms with Crippen LogP contribution < -0.4 is 0 Å². The van der Waals surface area contributed by atoms with E-state index in [4.69, 9.17) is 11.6 Å². The summed E-state index contributed by atoms with van der Waals surface area (Å²) in [7, 11) is 0. The number of fused-ring (bicyclic) bond motifs is 2. The van der Waals surface area contributed by atoms with Crippen molar-refractivity contribution in [1.29, 1.82) is 0 Å². The van der Waals surface area contributed by atoms with Crippen molar-refractivity contribution in [1.82, 2.24) is 15.0 Å². The number of aromatic nitrogens is 3. The summed E-state index contributed by atoms with van der Waals surface area (Å²) in [5, 5.41) is 2.98. The average Bonchev–Trinajstić information content (AvgIpc) is 3.21. The Hall–Kier alpha value is -2.26. The van der Waals surface area contributed by atoms with E-state index in [9.17, 15) is 0 Å². The van der Waals surface area contributed by atoms with E-state index in [1.807, 2.05) is 38.4 Å². The summed E-state index contributed by atoms with van der Waals surface area (Å²) in [5.41, 5.74) is 5.25. The zero-order valence-electron chi connectivity index (χ0n) is 14.4. The number of hydrogen-bond donors (Lipinski definition) is 2. The molecule has 1 aromatic carbocycles. The monoisotopic (exact) mass is 339 g/mol. The van der Waals surface area contributed by atoms with Gasteiger partial charge in [-0.05, 0) is 36.2 Å². The number of nitrogens with zero attached hydrogens (tertiary/aromatic N) is 1. The summed E-state index contributed by atoms with van der Waals surface area (Å²) in [6.07, 6.45) is 3.75. The van der Waals surface area contributed by atoms with E-state index in [0.717, 1.165) is 38.1 Å². The third-order valence-corrected chi connectivity index (χ3v) is 4.38. The van der Waals surface area contributed by atoms with Crippen molar-refractivity contribution in [3.05, 3.63) is 53.4 Å². The van der Waals surface area contributed by atoms with Gasteiger partial charge >= 0.3 is 0 Å². The molecule has 2 N–H and O–H groups in total. The van der Waals surface area contributed by atoms with E-state index in [1.165, 1.54) is 5.69 Å². The normalized spacial score (nSPS) is 11.1. The number of hydrogen-bond acceptors (Lipinski definition) is 1. The fourth-order valence-electron chi connectivity index (χ4n) is 2.79. The summed E-state index contributed by atoms with van der Waals surface area (Å²) in [4.78, 5) is 11.0. The first-order valence-corrected chi connectivity index (χ1v) is 8.75. The molecule has 24 heavy (non-hydrogen) atoms. The molecule has 4 aromatic rings. The maximum atomic E-state index is 6.50. The van der Waals surface area contributed by atoms with Crippen LogP contribution in [0.1, 0.15) is 39.3 Å². The van der Waals surface area contributed by atoms with Gasteiger partial charge in [-0.25, -0.2) is 4.98 Å².